The van der Waals surface area contributed by atoms with Crippen LogP contribution in [-0.2, 0) is 28.7 Å². The minimum absolute atomic E-state index is 0.00567. The van der Waals surface area contributed by atoms with Crippen LogP contribution < -0.4 is 0 Å². The van der Waals surface area contributed by atoms with E-state index in [0.717, 1.165) is 5.06 Å². The maximum atomic E-state index is 11.9. The van der Waals surface area contributed by atoms with Crippen LogP contribution in [0.2, 0.25) is 0 Å². The largest absolute Gasteiger partial charge is 0.379 e. The van der Waals surface area contributed by atoms with E-state index in [1.165, 1.54) is 7.05 Å². The van der Waals surface area contributed by atoms with Crippen molar-refractivity contribution in [1.82, 2.24) is 5.06 Å². The van der Waals surface area contributed by atoms with Gasteiger partial charge in [-0.1, -0.05) is 0 Å². The van der Waals surface area contributed by atoms with Gasteiger partial charge in [0, 0.05) is 27.0 Å². The minimum atomic E-state index is -0.715. The lowest BCUT2D eigenvalue weighted by Gasteiger charge is -2.28. The molecule has 0 heterocycles. The van der Waals surface area contributed by atoms with Crippen molar-refractivity contribution in [2.75, 3.05) is 20.8 Å². The van der Waals surface area contributed by atoms with Gasteiger partial charge in [0.1, 0.15) is 6.29 Å². The van der Waals surface area contributed by atoms with E-state index in [4.69, 9.17) is 14.3 Å². The van der Waals surface area contributed by atoms with E-state index in [2.05, 4.69) is 0 Å². The number of carbonyl (C=O) groups is 3. The van der Waals surface area contributed by atoms with E-state index in [1.807, 2.05) is 13.8 Å². The number of hydroxylamine groups is 2. The third kappa shape index (κ3) is 10.0. The van der Waals surface area contributed by atoms with Crippen LogP contribution in [0.3, 0.4) is 0 Å². The van der Waals surface area contributed by atoms with Crippen LogP contribution >= 0.6 is 0 Å². The van der Waals surface area contributed by atoms with E-state index >= 15 is 0 Å². The molecule has 0 fully saturated rings. The molecule has 0 saturated carbocycles. The SMILES string of the molecule is COC(C)(C)CCOC(C)(C)CC(=O)ON(C)C(=O)CCC=O. The second kappa shape index (κ2) is 9.62. The van der Waals surface area contributed by atoms with Crippen molar-refractivity contribution in [1.29, 1.82) is 0 Å². The van der Waals surface area contributed by atoms with Gasteiger partial charge in [-0.2, -0.15) is 5.06 Å². The molecule has 0 atom stereocenters. The highest BCUT2D eigenvalue weighted by Crippen LogP contribution is 2.19. The van der Waals surface area contributed by atoms with Gasteiger partial charge < -0.3 is 19.1 Å². The zero-order valence-corrected chi connectivity index (χ0v) is 15.0. The molecule has 7 heteroatoms. The highest BCUT2D eigenvalue weighted by molar-refractivity contribution is 5.79. The van der Waals surface area contributed by atoms with E-state index in [1.54, 1.807) is 21.0 Å². The Morgan fingerprint density at radius 2 is 1.74 bits per heavy atom. The fourth-order valence-corrected chi connectivity index (χ4v) is 1.65. The highest BCUT2D eigenvalue weighted by atomic mass is 16.7. The molecule has 0 aliphatic carbocycles. The Balaban J connectivity index is 4.25. The second-order valence-corrected chi connectivity index (χ2v) is 6.56. The lowest BCUT2D eigenvalue weighted by Crippen LogP contribution is -2.35. The molecule has 0 aromatic carbocycles. The topological polar surface area (TPSA) is 82.1 Å². The summed E-state index contributed by atoms with van der Waals surface area (Å²) in [5, 5.41) is 0.857. The van der Waals surface area contributed by atoms with Crippen LogP contribution in [0.25, 0.3) is 0 Å². The summed E-state index contributed by atoms with van der Waals surface area (Å²) in [6.07, 6.45) is 1.45. The summed E-state index contributed by atoms with van der Waals surface area (Å²) < 4.78 is 11.0. The Labute approximate surface area is 138 Å². The summed E-state index contributed by atoms with van der Waals surface area (Å²) in [7, 11) is 2.99. The molecule has 0 saturated heterocycles. The molecule has 7 nitrogen and oxygen atoms in total. The summed E-state index contributed by atoms with van der Waals surface area (Å²) in [6.45, 7) is 7.91. The van der Waals surface area contributed by atoms with Crippen LogP contribution in [-0.4, -0.2) is 55.2 Å². The molecule has 0 radical (unpaired) electrons. The van der Waals surface area contributed by atoms with E-state index < -0.39 is 17.5 Å². The number of carbonyl (C=O) groups excluding carboxylic acids is 3. The highest BCUT2D eigenvalue weighted by Gasteiger charge is 2.27. The van der Waals surface area contributed by atoms with Crippen molar-refractivity contribution in [3.8, 4) is 0 Å². The zero-order valence-electron chi connectivity index (χ0n) is 15.0. The maximum Gasteiger partial charge on any atom is 0.335 e. The average Bonchev–Trinajstić information content (AvgIpc) is 2.43. The molecule has 0 aromatic rings. The lowest BCUT2D eigenvalue weighted by molar-refractivity contribution is -0.197. The van der Waals surface area contributed by atoms with Gasteiger partial charge in [0.2, 0.25) is 0 Å². The first-order valence-electron chi connectivity index (χ1n) is 7.63. The Bertz CT molecular complexity index is 405. The predicted molar refractivity (Wildman–Crippen MR) is 84.5 cm³/mol. The summed E-state index contributed by atoms with van der Waals surface area (Å²) in [4.78, 5) is 38.6. The van der Waals surface area contributed by atoms with Crippen LogP contribution in [0.1, 0.15) is 53.4 Å². The molecule has 0 bridgehead atoms. The summed E-state index contributed by atoms with van der Waals surface area (Å²) in [6, 6.07) is 0. The fourth-order valence-electron chi connectivity index (χ4n) is 1.65. The Hall–Kier alpha value is -1.47. The van der Waals surface area contributed by atoms with Crippen molar-refractivity contribution >= 4 is 18.2 Å². The number of aldehydes is 1. The van der Waals surface area contributed by atoms with Crippen molar-refractivity contribution in [2.45, 2.75) is 64.6 Å². The molecule has 0 aliphatic rings. The average molecular weight is 331 g/mol. The molecule has 0 rings (SSSR count). The van der Waals surface area contributed by atoms with Gasteiger partial charge in [-0.15, -0.1) is 0 Å². The second-order valence-electron chi connectivity index (χ2n) is 6.56. The molecule has 134 valence electrons. The zero-order chi connectivity index (χ0) is 18.1. The van der Waals surface area contributed by atoms with E-state index in [0.29, 0.717) is 19.3 Å². The minimum Gasteiger partial charge on any atom is -0.379 e. The van der Waals surface area contributed by atoms with E-state index in [9.17, 15) is 14.4 Å². The number of nitrogens with zero attached hydrogens (tertiary/aromatic N) is 1. The summed E-state index contributed by atoms with van der Waals surface area (Å²) in [5.74, 6) is -0.992. The molecule has 23 heavy (non-hydrogen) atoms. The molecular formula is C16H29NO6. The first-order chi connectivity index (χ1) is 10.5. The number of ether oxygens (including phenoxy) is 2. The summed E-state index contributed by atoms with van der Waals surface area (Å²) in [5.41, 5.74) is -1.00. The van der Waals surface area contributed by atoms with Crippen LogP contribution in [0.4, 0.5) is 0 Å². The van der Waals surface area contributed by atoms with Gasteiger partial charge in [0.25, 0.3) is 5.91 Å². The van der Waals surface area contributed by atoms with Gasteiger partial charge in [0.05, 0.1) is 24.2 Å². The van der Waals surface area contributed by atoms with Crippen LogP contribution in [0, 0.1) is 0 Å². The Kier molecular flexibility index (Phi) is 9.01. The van der Waals surface area contributed by atoms with Gasteiger partial charge in [-0.05, 0) is 34.1 Å². The van der Waals surface area contributed by atoms with Gasteiger partial charge in [-0.3, -0.25) is 4.79 Å². The fraction of sp³-hybridized carbons (Fsp3) is 0.812. The van der Waals surface area contributed by atoms with Gasteiger partial charge in [0.15, 0.2) is 0 Å². The molecule has 0 N–H and O–H groups in total. The summed E-state index contributed by atoms with van der Waals surface area (Å²) >= 11 is 0. The number of hydrogen-bond donors (Lipinski definition) is 0. The number of rotatable bonds is 10. The van der Waals surface area contributed by atoms with Crippen LogP contribution in [0.5, 0.6) is 0 Å². The van der Waals surface area contributed by atoms with Crippen molar-refractivity contribution < 1.29 is 28.7 Å². The molecule has 0 spiro atoms. The van der Waals surface area contributed by atoms with Gasteiger partial charge in [-0.25, -0.2) is 4.79 Å². The monoisotopic (exact) mass is 331 g/mol. The molecule has 0 unspecified atom stereocenters. The molecule has 0 aliphatic heterocycles. The van der Waals surface area contributed by atoms with Crippen LogP contribution in [0.15, 0.2) is 0 Å². The quantitative estimate of drug-likeness (QED) is 0.449. The smallest absolute Gasteiger partial charge is 0.335 e. The normalized spacial score (nSPS) is 11.9. The standard InChI is InChI=1S/C16H29NO6/c1-15(2,21-6)9-11-22-16(3,4)12-14(20)23-17(5)13(19)8-7-10-18/h10H,7-9,11-12H2,1-6H3. The number of methoxy groups -OCH3 is 1. The number of amides is 1. The lowest BCUT2D eigenvalue weighted by atomic mass is 10.0. The Morgan fingerprint density at radius 1 is 1.13 bits per heavy atom. The Morgan fingerprint density at radius 3 is 2.26 bits per heavy atom. The first-order valence-corrected chi connectivity index (χ1v) is 7.63. The van der Waals surface area contributed by atoms with Crippen molar-refractivity contribution in [3.05, 3.63) is 0 Å². The van der Waals surface area contributed by atoms with Crippen molar-refractivity contribution in [3.63, 3.8) is 0 Å². The van der Waals surface area contributed by atoms with Gasteiger partial charge >= 0.3 is 5.97 Å². The molecular weight excluding hydrogens is 302 g/mol. The molecule has 1 amide bonds. The van der Waals surface area contributed by atoms with Crippen molar-refractivity contribution in [2.24, 2.45) is 0 Å². The maximum absolute atomic E-state index is 11.9. The first kappa shape index (κ1) is 21.5. The third-order valence-corrected chi connectivity index (χ3v) is 3.39. The van der Waals surface area contributed by atoms with E-state index in [-0.39, 0.29) is 24.9 Å². The number of hydrogen-bond acceptors (Lipinski definition) is 6. The predicted octanol–water partition coefficient (Wildman–Crippen LogP) is 1.88. The molecule has 0 aromatic heterocycles. The third-order valence-electron chi connectivity index (χ3n) is 3.39.